The van der Waals surface area contributed by atoms with Gasteiger partial charge in [0.25, 0.3) is 0 Å². The summed E-state index contributed by atoms with van der Waals surface area (Å²) in [5.41, 5.74) is -0.913. The SMILES string of the molecule is CCC(O)(CC)CNC(=O)C1(CC(C)C)CCCC1. The van der Waals surface area contributed by atoms with Gasteiger partial charge in [-0.05, 0) is 38.0 Å². The number of hydrogen-bond acceptors (Lipinski definition) is 2. The highest BCUT2D eigenvalue weighted by Gasteiger charge is 2.41. The van der Waals surface area contributed by atoms with E-state index in [4.69, 9.17) is 0 Å². The van der Waals surface area contributed by atoms with Gasteiger partial charge in [-0.15, -0.1) is 0 Å². The first-order valence-electron chi connectivity index (χ1n) is 7.88. The molecular weight excluding hydrogens is 238 g/mol. The summed E-state index contributed by atoms with van der Waals surface area (Å²) >= 11 is 0. The van der Waals surface area contributed by atoms with Crippen molar-refractivity contribution in [3.8, 4) is 0 Å². The van der Waals surface area contributed by atoms with E-state index in [9.17, 15) is 9.90 Å². The van der Waals surface area contributed by atoms with Crippen LogP contribution < -0.4 is 5.32 Å². The zero-order valence-corrected chi connectivity index (χ0v) is 13.1. The lowest BCUT2D eigenvalue weighted by Gasteiger charge is -2.32. The Morgan fingerprint density at radius 2 is 1.79 bits per heavy atom. The van der Waals surface area contributed by atoms with Gasteiger partial charge >= 0.3 is 0 Å². The van der Waals surface area contributed by atoms with Crippen LogP contribution in [-0.2, 0) is 4.79 Å². The molecule has 0 spiro atoms. The zero-order chi connectivity index (χ0) is 14.5. The Balaban J connectivity index is 2.63. The van der Waals surface area contributed by atoms with Gasteiger partial charge in [-0.25, -0.2) is 0 Å². The van der Waals surface area contributed by atoms with Crippen LogP contribution >= 0.6 is 0 Å². The van der Waals surface area contributed by atoms with Crippen molar-refractivity contribution in [3.05, 3.63) is 0 Å². The average molecular weight is 269 g/mol. The van der Waals surface area contributed by atoms with Crippen LogP contribution in [0.25, 0.3) is 0 Å². The van der Waals surface area contributed by atoms with Crippen molar-refractivity contribution >= 4 is 5.91 Å². The van der Waals surface area contributed by atoms with Gasteiger partial charge in [0.15, 0.2) is 0 Å². The van der Waals surface area contributed by atoms with Gasteiger partial charge in [-0.1, -0.05) is 40.5 Å². The lowest BCUT2D eigenvalue weighted by Crippen LogP contribution is -2.47. The Kier molecular flexibility index (Phi) is 5.84. The van der Waals surface area contributed by atoms with E-state index in [2.05, 4.69) is 19.2 Å². The summed E-state index contributed by atoms with van der Waals surface area (Å²) in [6.45, 7) is 8.69. The maximum absolute atomic E-state index is 12.6. The van der Waals surface area contributed by atoms with Gasteiger partial charge in [-0.2, -0.15) is 0 Å². The molecule has 2 N–H and O–H groups in total. The number of carbonyl (C=O) groups is 1. The molecule has 0 aromatic carbocycles. The molecule has 3 heteroatoms. The first-order valence-corrected chi connectivity index (χ1v) is 7.88. The zero-order valence-electron chi connectivity index (χ0n) is 13.1. The Morgan fingerprint density at radius 3 is 2.21 bits per heavy atom. The van der Waals surface area contributed by atoms with Crippen LogP contribution in [0.1, 0.15) is 72.6 Å². The second kappa shape index (κ2) is 6.74. The molecular formula is C16H31NO2. The van der Waals surface area contributed by atoms with E-state index in [1.54, 1.807) is 0 Å². The molecule has 1 fully saturated rings. The summed E-state index contributed by atoms with van der Waals surface area (Å²) < 4.78 is 0. The highest BCUT2D eigenvalue weighted by molar-refractivity contribution is 5.83. The molecule has 1 saturated carbocycles. The fourth-order valence-corrected chi connectivity index (χ4v) is 3.29. The van der Waals surface area contributed by atoms with E-state index >= 15 is 0 Å². The molecule has 0 aromatic heterocycles. The van der Waals surface area contributed by atoms with Gasteiger partial charge in [-0.3, -0.25) is 4.79 Å². The van der Waals surface area contributed by atoms with Gasteiger partial charge in [0, 0.05) is 12.0 Å². The molecule has 1 amide bonds. The molecule has 0 radical (unpaired) electrons. The molecule has 0 unspecified atom stereocenters. The highest BCUT2D eigenvalue weighted by Crippen LogP contribution is 2.43. The summed E-state index contributed by atoms with van der Waals surface area (Å²) in [4.78, 5) is 12.6. The molecule has 0 aliphatic heterocycles. The standard InChI is InChI=1S/C16H31NO2/c1-5-16(19,6-2)12-17-14(18)15(11-13(3)4)9-7-8-10-15/h13,19H,5-12H2,1-4H3,(H,17,18). The second-order valence-electron chi connectivity index (χ2n) is 6.70. The molecule has 1 aliphatic carbocycles. The third kappa shape index (κ3) is 4.20. The minimum absolute atomic E-state index is 0.166. The Labute approximate surface area is 118 Å². The van der Waals surface area contributed by atoms with E-state index in [0.717, 1.165) is 32.1 Å². The van der Waals surface area contributed by atoms with Crippen LogP contribution in [0.4, 0.5) is 0 Å². The number of aliphatic hydroxyl groups is 1. The van der Waals surface area contributed by atoms with Crippen LogP contribution in [0, 0.1) is 11.3 Å². The highest BCUT2D eigenvalue weighted by atomic mass is 16.3. The molecule has 1 aliphatic rings. The first kappa shape index (κ1) is 16.5. The number of carbonyl (C=O) groups excluding carboxylic acids is 1. The lowest BCUT2D eigenvalue weighted by molar-refractivity contribution is -0.133. The molecule has 0 atom stereocenters. The van der Waals surface area contributed by atoms with Crippen molar-refractivity contribution in [2.24, 2.45) is 11.3 Å². The minimum atomic E-state index is -0.743. The summed E-state index contributed by atoms with van der Waals surface area (Å²) in [6, 6.07) is 0. The smallest absolute Gasteiger partial charge is 0.226 e. The topological polar surface area (TPSA) is 49.3 Å². The van der Waals surface area contributed by atoms with E-state index < -0.39 is 5.60 Å². The van der Waals surface area contributed by atoms with Crippen molar-refractivity contribution < 1.29 is 9.90 Å². The Hall–Kier alpha value is -0.570. The largest absolute Gasteiger partial charge is 0.388 e. The molecule has 19 heavy (non-hydrogen) atoms. The number of nitrogens with one attached hydrogen (secondary N) is 1. The molecule has 0 bridgehead atoms. The predicted octanol–water partition coefficient (Wildman–Crippen LogP) is 3.26. The van der Waals surface area contributed by atoms with Crippen molar-refractivity contribution in [1.82, 2.24) is 5.32 Å². The number of rotatable bonds is 7. The molecule has 3 nitrogen and oxygen atoms in total. The van der Waals surface area contributed by atoms with Crippen LogP contribution in [0.15, 0.2) is 0 Å². The van der Waals surface area contributed by atoms with E-state index in [1.807, 2.05) is 13.8 Å². The summed E-state index contributed by atoms with van der Waals surface area (Å²) in [5.74, 6) is 0.708. The van der Waals surface area contributed by atoms with E-state index in [1.165, 1.54) is 0 Å². The van der Waals surface area contributed by atoms with Crippen LogP contribution in [0.2, 0.25) is 0 Å². The van der Waals surface area contributed by atoms with Crippen molar-refractivity contribution in [2.45, 2.75) is 78.2 Å². The number of amides is 1. The van der Waals surface area contributed by atoms with E-state index in [-0.39, 0.29) is 11.3 Å². The van der Waals surface area contributed by atoms with E-state index in [0.29, 0.717) is 25.3 Å². The molecule has 112 valence electrons. The molecule has 0 heterocycles. The van der Waals surface area contributed by atoms with Gasteiger partial charge < -0.3 is 10.4 Å². The van der Waals surface area contributed by atoms with Crippen LogP contribution in [0.3, 0.4) is 0 Å². The summed E-state index contributed by atoms with van der Waals surface area (Å²) in [5, 5.41) is 13.3. The Morgan fingerprint density at radius 1 is 1.26 bits per heavy atom. The fourth-order valence-electron chi connectivity index (χ4n) is 3.29. The van der Waals surface area contributed by atoms with Crippen molar-refractivity contribution in [3.63, 3.8) is 0 Å². The molecule has 0 saturated heterocycles. The third-order valence-electron chi connectivity index (χ3n) is 4.74. The molecule has 1 rings (SSSR count). The monoisotopic (exact) mass is 269 g/mol. The second-order valence-corrected chi connectivity index (χ2v) is 6.70. The fraction of sp³-hybridized carbons (Fsp3) is 0.938. The van der Waals surface area contributed by atoms with Crippen LogP contribution in [-0.4, -0.2) is 23.2 Å². The summed E-state index contributed by atoms with van der Waals surface area (Å²) in [6.07, 6.45) is 6.66. The van der Waals surface area contributed by atoms with Crippen molar-refractivity contribution in [2.75, 3.05) is 6.54 Å². The summed E-state index contributed by atoms with van der Waals surface area (Å²) in [7, 11) is 0. The Bertz CT molecular complexity index is 289. The molecule has 0 aromatic rings. The maximum atomic E-state index is 12.6. The maximum Gasteiger partial charge on any atom is 0.226 e. The van der Waals surface area contributed by atoms with Gasteiger partial charge in [0.1, 0.15) is 0 Å². The number of hydrogen-bond donors (Lipinski definition) is 2. The van der Waals surface area contributed by atoms with Gasteiger partial charge in [0.05, 0.1) is 5.60 Å². The van der Waals surface area contributed by atoms with Gasteiger partial charge in [0.2, 0.25) is 5.91 Å². The predicted molar refractivity (Wildman–Crippen MR) is 78.9 cm³/mol. The average Bonchev–Trinajstić information content (AvgIpc) is 2.84. The quantitative estimate of drug-likeness (QED) is 0.745. The third-order valence-corrected chi connectivity index (χ3v) is 4.74. The van der Waals surface area contributed by atoms with Crippen LogP contribution in [0.5, 0.6) is 0 Å². The lowest BCUT2D eigenvalue weighted by atomic mass is 9.77. The minimum Gasteiger partial charge on any atom is -0.388 e. The van der Waals surface area contributed by atoms with Crippen molar-refractivity contribution in [1.29, 1.82) is 0 Å². The first-order chi connectivity index (χ1) is 8.87. The normalized spacial score (nSPS) is 18.8.